The molecule has 1 N–H and O–H groups in total. The number of aromatic amines is 1. The fourth-order valence-corrected chi connectivity index (χ4v) is 3.17. The zero-order valence-electron chi connectivity index (χ0n) is 13.4. The molecule has 1 fully saturated rings. The number of benzene rings is 1. The van der Waals surface area contributed by atoms with Gasteiger partial charge in [-0.25, -0.2) is 9.37 Å². The number of aryl methyl sites for hydroxylation is 2. The monoisotopic (exact) mass is 315 g/mol. The van der Waals surface area contributed by atoms with Crippen molar-refractivity contribution in [3.63, 3.8) is 0 Å². The van der Waals surface area contributed by atoms with Crippen molar-refractivity contribution >= 4 is 5.91 Å². The molecule has 3 rings (SSSR count). The van der Waals surface area contributed by atoms with Crippen molar-refractivity contribution in [3.8, 4) is 0 Å². The summed E-state index contributed by atoms with van der Waals surface area (Å²) >= 11 is 0. The van der Waals surface area contributed by atoms with Crippen LogP contribution in [0.25, 0.3) is 0 Å². The number of imidazole rings is 1. The number of likely N-dealkylation sites (tertiary alicyclic amines) is 1. The topological polar surface area (TPSA) is 49.0 Å². The number of carbonyl (C=O) groups excluding carboxylic acids is 1. The number of amides is 1. The highest BCUT2D eigenvalue weighted by atomic mass is 19.1. The van der Waals surface area contributed by atoms with Gasteiger partial charge in [0.05, 0.1) is 0 Å². The predicted molar refractivity (Wildman–Crippen MR) is 86.6 cm³/mol. The summed E-state index contributed by atoms with van der Waals surface area (Å²) in [5.74, 6) is 1.10. The Bertz CT molecular complexity index is 682. The molecule has 1 saturated heterocycles. The second kappa shape index (κ2) is 6.94. The molecule has 1 amide bonds. The lowest BCUT2D eigenvalue weighted by molar-refractivity contribution is -0.132. The van der Waals surface area contributed by atoms with Crippen LogP contribution in [-0.2, 0) is 11.2 Å². The van der Waals surface area contributed by atoms with E-state index < -0.39 is 0 Å². The maximum absolute atomic E-state index is 13.6. The van der Waals surface area contributed by atoms with Crippen molar-refractivity contribution in [1.29, 1.82) is 0 Å². The first kappa shape index (κ1) is 15.7. The molecule has 0 radical (unpaired) electrons. The van der Waals surface area contributed by atoms with E-state index in [1.807, 2.05) is 18.0 Å². The third kappa shape index (κ3) is 3.78. The molecule has 1 atom stereocenters. The number of hydrogen-bond donors (Lipinski definition) is 1. The summed E-state index contributed by atoms with van der Waals surface area (Å²) < 4.78 is 13.6. The second-order valence-corrected chi connectivity index (χ2v) is 6.22. The van der Waals surface area contributed by atoms with Gasteiger partial charge in [-0.3, -0.25) is 4.79 Å². The molecule has 5 heteroatoms. The van der Waals surface area contributed by atoms with E-state index in [1.165, 1.54) is 6.07 Å². The summed E-state index contributed by atoms with van der Waals surface area (Å²) in [7, 11) is 0. The molecular formula is C18H22FN3O. The van der Waals surface area contributed by atoms with Gasteiger partial charge in [0.15, 0.2) is 0 Å². The van der Waals surface area contributed by atoms with Crippen LogP contribution in [0, 0.1) is 12.7 Å². The Morgan fingerprint density at radius 2 is 2.26 bits per heavy atom. The minimum Gasteiger partial charge on any atom is -0.346 e. The van der Waals surface area contributed by atoms with Gasteiger partial charge in [-0.05, 0) is 37.8 Å². The van der Waals surface area contributed by atoms with E-state index in [9.17, 15) is 9.18 Å². The van der Waals surface area contributed by atoms with E-state index in [0.29, 0.717) is 24.9 Å². The van der Waals surface area contributed by atoms with Crippen LogP contribution in [0.5, 0.6) is 0 Å². The molecule has 2 aromatic rings. The van der Waals surface area contributed by atoms with Crippen molar-refractivity contribution in [2.24, 2.45) is 0 Å². The number of H-pyrrole nitrogens is 1. The second-order valence-electron chi connectivity index (χ2n) is 6.22. The summed E-state index contributed by atoms with van der Waals surface area (Å²) in [4.78, 5) is 22.0. The summed E-state index contributed by atoms with van der Waals surface area (Å²) in [6.45, 7) is 3.46. The van der Waals surface area contributed by atoms with Crippen LogP contribution in [0.1, 0.15) is 42.3 Å². The van der Waals surface area contributed by atoms with Gasteiger partial charge < -0.3 is 9.88 Å². The van der Waals surface area contributed by atoms with Crippen LogP contribution in [0.4, 0.5) is 4.39 Å². The van der Waals surface area contributed by atoms with Crippen LogP contribution >= 0.6 is 0 Å². The first-order valence-corrected chi connectivity index (χ1v) is 8.16. The van der Waals surface area contributed by atoms with Crippen molar-refractivity contribution in [2.45, 2.75) is 38.5 Å². The van der Waals surface area contributed by atoms with Gasteiger partial charge in [-0.2, -0.15) is 0 Å². The molecular weight excluding hydrogens is 293 g/mol. The Morgan fingerprint density at radius 3 is 3.00 bits per heavy atom. The molecule has 1 aliphatic heterocycles. The molecule has 1 aromatic heterocycles. The van der Waals surface area contributed by atoms with Gasteiger partial charge in [0.25, 0.3) is 0 Å². The molecule has 0 spiro atoms. The van der Waals surface area contributed by atoms with Gasteiger partial charge >= 0.3 is 0 Å². The first-order valence-electron chi connectivity index (χ1n) is 8.16. The molecule has 1 aliphatic rings. The van der Waals surface area contributed by atoms with E-state index in [-0.39, 0.29) is 17.6 Å². The van der Waals surface area contributed by atoms with Gasteiger partial charge in [-0.1, -0.05) is 18.2 Å². The lowest BCUT2D eigenvalue weighted by atomic mass is 9.96. The van der Waals surface area contributed by atoms with Crippen molar-refractivity contribution < 1.29 is 9.18 Å². The highest BCUT2D eigenvalue weighted by molar-refractivity contribution is 5.76. The average Bonchev–Trinajstić information content (AvgIpc) is 3.00. The Labute approximate surface area is 135 Å². The highest BCUT2D eigenvalue weighted by Gasteiger charge is 2.26. The molecule has 0 bridgehead atoms. The highest BCUT2D eigenvalue weighted by Crippen LogP contribution is 2.25. The van der Waals surface area contributed by atoms with E-state index >= 15 is 0 Å². The van der Waals surface area contributed by atoms with Crippen molar-refractivity contribution in [2.75, 3.05) is 13.1 Å². The van der Waals surface area contributed by atoms with Crippen LogP contribution in [-0.4, -0.2) is 33.9 Å². The number of hydrogen-bond acceptors (Lipinski definition) is 2. The molecule has 122 valence electrons. The van der Waals surface area contributed by atoms with Crippen molar-refractivity contribution in [1.82, 2.24) is 14.9 Å². The fourth-order valence-electron chi connectivity index (χ4n) is 3.17. The minimum absolute atomic E-state index is 0.0984. The summed E-state index contributed by atoms with van der Waals surface area (Å²) in [6.07, 6.45) is 4.66. The maximum Gasteiger partial charge on any atom is 0.222 e. The number of nitrogens with one attached hydrogen (secondary N) is 1. The molecule has 4 nitrogen and oxygen atoms in total. The first-order chi connectivity index (χ1) is 11.1. The Hall–Kier alpha value is -2.17. The smallest absolute Gasteiger partial charge is 0.222 e. The SMILES string of the molecule is Cc1cnc(C2CCCN(C(=O)CCc3ccccc3F)C2)[nH]1. The number of halogens is 1. The largest absolute Gasteiger partial charge is 0.346 e. The van der Waals surface area contributed by atoms with Gasteiger partial charge in [0, 0.05) is 37.3 Å². The van der Waals surface area contributed by atoms with Gasteiger partial charge in [0.1, 0.15) is 11.6 Å². The maximum atomic E-state index is 13.6. The Balaban J connectivity index is 1.58. The molecule has 0 saturated carbocycles. The van der Waals surface area contributed by atoms with E-state index in [0.717, 1.165) is 30.9 Å². The average molecular weight is 315 g/mol. The number of piperidine rings is 1. The van der Waals surface area contributed by atoms with E-state index in [4.69, 9.17) is 0 Å². The Morgan fingerprint density at radius 1 is 1.43 bits per heavy atom. The summed E-state index contributed by atoms with van der Waals surface area (Å²) in [5, 5.41) is 0. The van der Waals surface area contributed by atoms with Gasteiger partial charge in [-0.15, -0.1) is 0 Å². The normalized spacial score (nSPS) is 18.2. The predicted octanol–water partition coefficient (Wildman–Crippen LogP) is 3.20. The molecule has 23 heavy (non-hydrogen) atoms. The fraction of sp³-hybridized carbons (Fsp3) is 0.444. The molecule has 1 aromatic carbocycles. The van der Waals surface area contributed by atoms with Crippen LogP contribution in [0.15, 0.2) is 30.5 Å². The number of carbonyl (C=O) groups is 1. The zero-order valence-corrected chi connectivity index (χ0v) is 13.4. The van der Waals surface area contributed by atoms with Crippen molar-refractivity contribution in [3.05, 3.63) is 53.4 Å². The number of aromatic nitrogens is 2. The van der Waals surface area contributed by atoms with Gasteiger partial charge in [0.2, 0.25) is 5.91 Å². The summed E-state index contributed by atoms with van der Waals surface area (Å²) in [5.41, 5.74) is 1.65. The lowest BCUT2D eigenvalue weighted by Gasteiger charge is -2.32. The molecule has 0 aliphatic carbocycles. The standard InChI is InChI=1S/C18H22FN3O/c1-13-11-20-18(21-13)15-6-4-10-22(12-15)17(23)9-8-14-5-2-3-7-16(14)19/h2-3,5,7,11,15H,4,6,8-10,12H2,1H3,(H,20,21). The van der Waals surface area contributed by atoms with Crippen LogP contribution in [0.3, 0.4) is 0 Å². The van der Waals surface area contributed by atoms with E-state index in [1.54, 1.807) is 18.2 Å². The number of nitrogens with zero attached hydrogens (tertiary/aromatic N) is 2. The third-order valence-corrected chi connectivity index (χ3v) is 4.45. The third-order valence-electron chi connectivity index (χ3n) is 4.45. The molecule has 1 unspecified atom stereocenters. The van der Waals surface area contributed by atoms with Crippen LogP contribution in [0.2, 0.25) is 0 Å². The quantitative estimate of drug-likeness (QED) is 0.942. The molecule has 2 heterocycles. The summed E-state index contributed by atoms with van der Waals surface area (Å²) in [6, 6.07) is 6.66. The minimum atomic E-state index is -0.233. The number of rotatable bonds is 4. The Kier molecular flexibility index (Phi) is 4.74. The zero-order chi connectivity index (χ0) is 16.2. The lowest BCUT2D eigenvalue weighted by Crippen LogP contribution is -2.39. The van der Waals surface area contributed by atoms with Crippen LogP contribution < -0.4 is 0 Å². The van der Waals surface area contributed by atoms with E-state index in [2.05, 4.69) is 9.97 Å².